The van der Waals surface area contributed by atoms with Crippen molar-refractivity contribution in [3.05, 3.63) is 35.6 Å². The maximum Gasteiger partial charge on any atom is 0.165 e. The molecule has 0 bridgehead atoms. The summed E-state index contributed by atoms with van der Waals surface area (Å²) in [7, 11) is 0. The molecule has 0 aromatic heterocycles. The first-order chi connectivity index (χ1) is 8.17. The lowest BCUT2D eigenvalue weighted by atomic mass is 10.0. The van der Waals surface area contributed by atoms with E-state index in [-0.39, 0.29) is 17.7 Å². The van der Waals surface area contributed by atoms with E-state index in [1.165, 1.54) is 12.1 Å². The molecule has 1 rings (SSSR count). The Labute approximate surface area is 102 Å². The van der Waals surface area contributed by atoms with Gasteiger partial charge in [-0.15, -0.1) is 0 Å². The lowest BCUT2D eigenvalue weighted by molar-refractivity contribution is -0.130. The second kappa shape index (κ2) is 7.17. The monoisotopic (exact) mass is 238 g/mol. The minimum Gasteiger partial charge on any atom is -0.371 e. The van der Waals surface area contributed by atoms with Crippen LogP contribution in [0.3, 0.4) is 0 Å². The fourth-order valence-electron chi connectivity index (χ4n) is 1.72. The second-order valence-corrected chi connectivity index (χ2v) is 4.00. The van der Waals surface area contributed by atoms with Crippen molar-refractivity contribution < 1.29 is 13.9 Å². The molecule has 0 saturated carbocycles. The van der Waals surface area contributed by atoms with Gasteiger partial charge in [-0.25, -0.2) is 4.39 Å². The molecule has 0 N–H and O–H groups in total. The van der Waals surface area contributed by atoms with Gasteiger partial charge in [-0.2, -0.15) is 0 Å². The summed E-state index contributed by atoms with van der Waals surface area (Å²) in [5, 5.41) is 0. The van der Waals surface area contributed by atoms with Crippen LogP contribution in [0.25, 0.3) is 0 Å². The average molecular weight is 238 g/mol. The predicted octanol–water partition coefficient (Wildman–Crippen LogP) is 3.14. The van der Waals surface area contributed by atoms with E-state index in [9.17, 15) is 9.18 Å². The summed E-state index contributed by atoms with van der Waals surface area (Å²) in [4.78, 5) is 12.0. The summed E-state index contributed by atoms with van der Waals surface area (Å²) in [6.07, 6.45) is 1.65. The molecular formula is C14H19FO2. The number of rotatable bonds is 7. The van der Waals surface area contributed by atoms with Gasteiger partial charge in [0, 0.05) is 13.0 Å². The predicted molar refractivity (Wildman–Crippen MR) is 65.4 cm³/mol. The third-order valence-electron chi connectivity index (χ3n) is 2.57. The fraction of sp³-hybridized carbons (Fsp3) is 0.500. The molecule has 0 aliphatic carbocycles. The summed E-state index contributed by atoms with van der Waals surface area (Å²) < 4.78 is 18.1. The van der Waals surface area contributed by atoms with Crippen molar-refractivity contribution >= 4 is 5.78 Å². The van der Waals surface area contributed by atoms with Gasteiger partial charge in [0.25, 0.3) is 0 Å². The third-order valence-corrected chi connectivity index (χ3v) is 2.57. The van der Waals surface area contributed by atoms with Gasteiger partial charge in [-0.05, 0) is 31.0 Å². The molecule has 1 atom stereocenters. The third kappa shape index (κ3) is 4.65. The molecule has 1 unspecified atom stereocenters. The zero-order valence-electron chi connectivity index (χ0n) is 10.4. The Balaban J connectivity index is 2.59. The summed E-state index contributed by atoms with van der Waals surface area (Å²) in [5.41, 5.74) is 0.831. The Morgan fingerprint density at radius 3 is 2.47 bits per heavy atom. The Bertz CT molecular complexity index is 340. The quantitative estimate of drug-likeness (QED) is 0.729. The first-order valence-electron chi connectivity index (χ1n) is 6.06. The molecule has 3 heteroatoms. The lowest BCUT2D eigenvalue weighted by Gasteiger charge is -2.14. The lowest BCUT2D eigenvalue weighted by Crippen LogP contribution is -2.25. The van der Waals surface area contributed by atoms with Crippen LogP contribution < -0.4 is 0 Å². The van der Waals surface area contributed by atoms with Crippen molar-refractivity contribution in [1.82, 2.24) is 0 Å². The maximum absolute atomic E-state index is 12.7. The standard InChI is InChI=1S/C14H19FO2/c1-3-5-14(17-4-2)13(16)10-11-6-8-12(15)9-7-11/h6-9,14H,3-5,10H2,1-2H3. The highest BCUT2D eigenvalue weighted by molar-refractivity contribution is 5.85. The van der Waals surface area contributed by atoms with Crippen molar-refractivity contribution in [3.63, 3.8) is 0 Å². The number of halogens is 1. The Morgan fingerprint density at radius 2 is 1.94 bits per heavy atom. The average Bonchev–Trinajstić information content (AvgIpc) is 2.32. The van der Waals surface area contributed by atoms with Gasteiger partial charge < -0.3 is 4.74 Å². The van der Waals surface area contributed by atoms with Crippen LogP contribution >= 0.6 is 0 Å². The molecule has 0 radical (unpaired) electrons. The number of hydrogen-bond donors (Lipinski definition) is 0. The van der Waals surface area contributed by atoms with Gasteiger partial charge >= 0.3 is 0 Å². The van der Waals surface area contributed by atoms with Crippen LogP contribution in [0.2, 0.25) is 0 Å². The van der Waals surface area contributed by atoms with Gasteiger partial charge in [0.2, 0.25) is 0 Å². The highest BCUT2D eigenvalue weighted by Gasteiger charge is 2.17. The van der Waals surface area contributed by atoms with Crippen LogP contribution in [-0.2, 0) is 16.0 Å². The zero-order valence-corrected chi connectivity index (χ0v) is 10.4. The first-order valence-corrected chi connectivity index (χ1v) is 6.06. The van der Waals surface area contributed by atoms with Crippen molar-refractivity contribution in [2.45, 2.75) is 39.2 Å². The number of carbonyl (C=O) groups is 1. The van der Waals surface area contributed by atoms with Crippen molar-refractivity contribution in [2.75, 3.05) is 6.61 Å². The molecule has 1 aromatic carbocycles. The van der Waals surface area contributed by atoms with E-state index in [1.54, 1.807) is 12.1 Å². The Morgan fingerprint density at radius 1 is 1.29 bits per heavy atom. The molecule has 0 amide bonds. The van der Waals surface area contributed by atoms with Crippen molar-refractivity contribution in [1.29, 1.82) is 0 Å². The van der Waals surface area contributed by atoms with Gasteiger partial charge in [-0.1, -0.05) is 25.5 Å². The van der Waals surface area contributed by atoms with E-state index >= 15 is 0 Å². The Kier molecular flexibility index (Phi) is 5.84. The molecule has 0 spiro atoms. The molecule has 0 aliphatic heterocycles. The van der Waals surface area contributed by atoms with Crippen molar-refractivity contribution in [2.24, 2.45) is 0 Å². The van der Waals surface area contributed by atoms with E-state index < -0.39 is 0 Å². The van der Waals surface area contributed by atoms with Gasteiger partial charge in [-0.3, -0.25) is 4.79 Å². The number of carbonyl (C=O) groups excluding carboxylic acids is 1. The number of ketones is 1. The number of benzene rings is 1. The summed E-state index contributed by atoms with van der Waals surface area (Å²) >= 11 is 0. The van der Waals surface area contributed by atoms with Crippen LogP contribution in [0, 0.1) is 5.82 Å². The molecule has 2 nitrogen and oxygen atoms in total. The zero-order chi connectivity index (χ0) is 12.7. The molecular weight excluding hydrogens is 219 g/mol. The van der Waals surface area contributed by atoms with Crippen LogP contribution in [-0.4, -0.2) is 18.5 Å². The van der Waals surface area contributed by atoms with E-state index in [0.717, 1.165) is 18.4 Å². The van der Waals surface area contributed by atoms with Crippen LogP contribution in [0.1, 0.15) is 32.3 Å². The number of hydrogen-bond acceptors (Lipinski definition) is 2. The van der Waals surface area contributed by atoms with Crippen LogP contribution in [0.4, 0.5) is 4.39 Å². The normalized spacial score (nSPS) is 12.4. The summed E-state index contributed by atoms with van der Waals surface area (Å²) in [6, 6.07) is 6.03. The molecule has 0 saturated heterocycles. The van der Waals surface area contributed by atoms with Gasteiger partial charge in [0.05, 0.1) is 0 Å². The highest BCUT2D eigenvalue weighted by Crippen LogP contribution is 2.10. The summed E-state index contributed by atoms with van der Waals surface area (Å²) in [6.45, 7) is 4.45. The highest BCUT2D eigenvalue weighted by atomic mass is 19.1. The molecule has 0 fully saturated rings. The molecule has 17 heavy (non-hydrogen) atoms. The first kappa shape index (κ1) is 13.8. The van der Waals surface area contributed by atoms with E-state index in [4.69, 9.17) is 4.74 Å². The van der Waals surface area contributed by atoms with E-state index in [2.05, 4.69) is 0 Å². The minimum atomic E-state index is -0.324. The van der Waals surface area contributed by atoms with Gasteiger partial charge in [0.1, 0.15) is 11.9 Å². The molecule has 1 aromatic rings. The van der Waals surface area contributed by atoms with E-state index in [1.807, 2.05) is 13.8 Å². The van der Waals surface area contributed by atoms with Crippen LogP contribution in [0.15, 0.2) is 24.3 Å². The minimum absolute atomic E-state index is 0.0697. The van der Waals surface area contributed by atoms with Crippen molar-refractivity contribution in [3.8, 4) is 0 Å². The van der Waals surface area contributed by atoms with Gasteiger partial charge in [0.15, 0.2) is 5.78 Å². The topological polar surface area (TPSA) is 26.3 Å². The number of Topliss-reactive ketones (excluding diaryl/α,β-unsaturated/α-hetero) is 1. The Hall–Kier alpha value is -1.22. The fourth-order valence-corrected chi connectivity index (χ4v) is 1.72. The second-order valence-electron chi connectivity index (χ2n) is 4.00. The smallest absolute Gasteiger partial charge is 0.165 e. The SMILES string of the molecule is CCCC(OCC)C(=O)Cc1ccc(F)cc1. The maximum atomic E-state index is 12.7. The molecule has 0 aliphatic rings. The molecule has 0 heterocycles. The largest absolute Gasteiger partial charge is 0.371 e. The van der Waals surface area contributed by atoms with Crippen LogP contribution in [0.5, 0.6) is 0 Å². The van der Waals surface area contributed by atoms with E-state index in [0.29, 0.717) is 13.0 Å². The summed E-state index contributed by atoms with van der Waals surface area (Å²) in [5.74, 6) is -0.212. The number of ether oxygens (including phenoxy) is 1. The molecule has 94 valence electrons.